The summed E-state index contributed by atoms with van der Waals surface area (Å²) in [5.41, 5.74) is 1.44. The molecule has 168 valence electrons. The average Bonchev–Trinajstić information content (AvgIpc) is 3.17. The summed E-state index contributed by atoms with van der Waals surface area (Å²) in [7, 11) is 0. The van der Waals surface area contributed by atoms with Crippen LogP contribution >= 0.6 is 0 Å². The third kappa shape index (κ3) is 6.42. The lowest BCUT2D eigenvalue weighted by atomic mass is 10.1. The number of carbonyl (C=O) groups is 2. The molecule has 0 radical (unpaired) electrons. The van der Waals surface area contributed by atoms with Crippen molar-refractivity contribution in [3.05, 3.63) is 77.6 Å². The second kappa shape index (κ2) is 10.1. The van der Waals surface area contributed by atoms with Crippen LogP contribution in [0.2, 0.25) is 0 Å². The monoisotopic (exact) mass is 446 g/mol. The molecule has 0 saturated heterocycles. The smallest absolute Gasteiger partial charge is 0.367 e. The molecule has 0 aliphatic rings. The predicted octanol–water partition coefficient (Wildman–Crippen LogP) is 4.49. The van der Waals surface area contributed by atoms with Crippen LogP contribution in [-0.4, -0.2) is 34.4 Å². The number of carbonyl (C=O) groups excluding carboxylic acids is 2. The summed E-state index contributed by atoms with van der Waals surface area (Å²) >= 11 is 0. The molecule has 0 aliphatic heterocycles. The van der Waals surface area contributed by atoms with Gasteiger partial charge in [0.25, 0.3) is 11.8 Å². The molecule has 0 fully saturated rings. The molecule has 2 aromatic carbocycles. The molecule has 0 atom stereocenters. The molecule has 0 spiro atoms. The van der Waals surface area contributed by atoms with Crippen molar-refractivity contribution in [2.75, 3.05) is 17.2 Å². The quantitative estimate of drug-likeness (QED) is 0.534. The number of para-hydroxylation sites is 1. The van der Waals surface area contributed by atoms with Crippen molar-refractivity contribution in [2.24, 2.45) is 0 Å². The van der Waals surface area contributed by atoms with Crippen LogP contribution in [0.1, 0.15) is 33.3 Å². The Morgan fingerprint density at radius 3 is 2.47 bits per heavy atom. The van der Waals surface area contributed by atoms with Crippen LogP contribution < -0.4 is 10.6 Å². The number of alkyl halides is 3. The van der Waals surface area contributed by atoms with E-state index in [0.29, 0.717) is 17.8 Å². The van der Waals surface area contributed by atoms with Crippen molar-refractivity contribution in [3.8, 4) is 0 Å². The van der Waals surface area contributed by atoms with E-state index in [9.17, 15) is 22.8 Å². The zero-order chi connectivity index (χ0) is 23.1. The van der Waals surface area contributed by atoms with E-state index in [1.807, 2.05) is 13.0 Å². The summed E-state index contributed by atoms with van der Waals surface area (Å²) in [5.74, 6) is -1.03. The highest BCUT2D eigenvalue weighted by atomic mass is 19.4. The lowest BCUT2D eigenvalue weighted by molar-refractivity contribution is -0.176. The van der Waals surface area contributed by atoms with Crippen LogP contribution in [-0.2, 0) is 17.9 Å². The Kier molecular flexibility index (Phi) is 7.26. The number of hydrogen-bond acceptors (Lipinski definition) is 4. The number of hydrogen-bond donors (Lipinski definition) is 2. The number of benzene rings is 2. The highest BCUT2D eigenvalue weighted by Crippen LogP contribution is 2.19. The molecular weight excluding hydrogens is 425 g/mol. The van der Waals surface area contributed by atoms with Gasteiger partial charge < -0.3 is 15.4 Å². The topological polar surface area (TPSA) is 85.2 Å². The second-order valence-electron chi connectivity index (χ2n) is 6.83. The normalized spacial score (nSPS) is 11.2. The summed E-state index contributed by atoms with van der Waals surface area (Å²) in [4.78, 5) is 25.4. The minimum atomic E-state index is -4.43. The summed E-state index contributed by atoms with van der Waals surface area (Å²) < 4.78 is 42.9. The highest BCUT2D eigenvalue weighted by Gasteiger charge is 2.27. The SMILES string of the molecule is CCn1cc(NC(=O)c2cccc(COCC(F)(F)F)c2)c(C(=O)Nc2ccccc2)n1. The van der Waals surface area contributed by atoms with E-state index in [1.54, 1.807) is 36.4 Å². The van der Waals surface area contributed by atoms with Gasteiger partial charge in [0.2, 0.25) is 0 Å². The van der Waals surface area contributed by atoms with Gasteiger partial charge in [0, 0.05) is 24.0 Å². The maximum atomic E-state index is 12.7. The fraction of sp³-hybridized carbons (Fsp3) is 0.227. The molecule has 3 aromatic rings. The maximum Gasteiger partial charge on any atom is 0.411 e. The van der Waals surface area contributed by atoms with Crippen molar-refractivity contribution in [3.63, 3.8) is 0 Å². The van der Waals surface area contributed by atoms with Crippen molar-refractivity contribution in [2.45, 2.75) is 26.3 Å². The number of ether oxygens (including phenoxy) is 1. The van der Waals surface area contributed by atoms with E-state index in [-0.39, 0.29) is 23.6 Å². The number of amides is 2. The van der Waals surface area contributed by atoms with Crippen molar-refractivity contribution >= 4 is 23.2 Å². The van der Waals surface area contributed by atoms with Crippen LogP contribution in [0.3, 0.4) is 0 Å². The van der Waals surface area contributed by atoms with Gasteiger partial charge in [0.15, 0.2) is 5.69 Å². The summed E-state index contributed by atoms with van der Waals surface area (Å²) in [6.07, 6.45) is -2.89. The zero-order valence-electron chi connectivity index (χ0n) is 17.1. The lowest BCUT2D eigenvalue weighted by Crippen LogP contribution is -2.18. The summed E-state index contributed by atoms with van der Waals surface area (Å²) in [6, 6.07) is 14.8. The molecule has 10 heteroatoms. The van der Waals surface area contributed by atoms with E-state index in [4.69, 9.17) is 0 Å². The standard InChI is InChI=1S/C22H21F3N4O3/c1-2-29-12-18(19(28-29)21(31)26-17-9-4-3-5-10-17)27-20(30)16-8-6-7-15(11-16)13-32-14-22(23,24)25/h3-12H,2,13-14H2,1H3,(H,26,31)(H,27,30). The first-order chi connectivity index (χ1) is 15.2. The van der Waals surface area contributed by atoms with Crippen LogP contribution in [0.4, 0.5) is 24.5 Å². The van der Waals surface area contributed by atoms with Gasteiger partial charge in [0.05, 0.1) is 12.3 Å². The van der Waals surface area contributed by atoms with Gasteiger partial charge in [-0.15, -0.1) is 0 Å². The predicted molar refractivity (Wildman–Crippen MR) is 112 cm³/mol. The van der Waals surface area contributed by atoms with Crippen LogP contribution in [0.25, 0.3) is 0 Å². The third-order valence-electron chi connectivity index (χ3n) is 4.30. The van der Waals surface area contributed by atoms with Gasteiger partial charge in [-0.25, -0.2) is 0 Å². The summed E-state index contributed by atoms with van der Waals surface area (Å²) in [5, 5.41) is 9.59. The van der Waals surface area contributed by atoms with Gasteiger partial charge in [-0.3, -0.25) is 14.3 Å². The Morgan fingerprint density at radius 2 is 1.78 bits per heavy atom. The molecule has 3 rings (SSSR count). The molecule has 0 bridgehead atoms. The Morgan fingerprint density at radius 1 is 1.03 bits per heavy atom. The molecule has 2 amide bonds. The minimum Gasteiger partial charge on any atom is -0.367 e. The summed E-state index contributed by atoms with van der Waals surface area (Å²) in [6.45, 7) is 0.647. The molecular formula is C22H21F3N4O3. The zero-order valence-corrected chi connectivity index (χ0v) is 17.1. The maximum absolute atomic E-state index is 12.7. The Hall–Kier alpha value is -3.66. The number of rotatable bonds is 8. The molecule has 0 saturated carbocycles. The van der Waals surface area contributed by atoms with Crippen LogP contribution in [0.15, 0.2) is 60.8 Å². The van der Waals surface area contributed by atoms with Crippen molar-refractivity contribution in [1.82, 2.24) is 9.78 Å². The number of nitrogens with zero attached hydrogens (tertiary/aromatic N) is 2. The molecule has 2 N–H and O–H groups in total. The molecule has 1 heterocycles. The molecule has 32 heavy (non-hydrogen) atoms. The molecule has 0 aliphatic carbocycles. The van der Waals surface area contributed by atoms with Gasteiger partial charge in [-0.1, -0.05) is 30.3 Å². The van der Waals surface area contributed by atoms with Crippen molar-refractivity contribution < 1.29 is 27.5 Å². The number of nitrogens with one attached hydrogen (secondary N) is 2. The third-order valence-corrected chi connectivity index (χ3v) is 4.30. The van der Waals surface area contributed by atoms with E-state index in [0.717, 1.165) is 0 Å². The first-order valence-corrected chi connectivity index (χ1v) is 9.74. The van der Waals surface area contributed by atoms with E-state index < -0.39 is 24.6 Å². The molecule has 7 nitrogen and oxygen atoms in total. The van der Waals surface area contributed by atoms with E-state index in [1.165, 1.54) is 23.0 Å². The second-order valence-corrected chi connectivity index (χ2v) is 6.83. The Bertz CT molecular complexity index is 1080. The highest BCUT2D eigenvalue weighted by molar-refractivity contribution is 6.11. The van der Waals surface area contributed by atoms with Gasteiger partial charge in [0.1, 0.15) is 6.61 Å². The van der Waals surface area contributed by atoms with Gasteiger partial charge in [-0.05, 0) is 36.8 Å². The number of aromatic nitrogens is 2. The van der Waals surface area contributed by atoms with E-state index >= 15 is 0 Å². The fourth-order valence-electron chi connectivity index (χ4n) is 2.84. The fourth-order valence-corrected chi connectivity index (χ4v) is 2.84. The largest absolute Gasteiger partial charge is 0.411 e. The first-order valence-electron chi connectivity index (χ1n) is 9.74. The van der Waals surface area contributed by atoms with Crippen molar-refractivity contribution in [1.29, 1.82) is 0 Å². The minimum absolute atomic E-state index is 0.0359. The number of halogens is 3. The molecule has 1 aromatic heterocycles. The van der Waals surface area contributed by atoms with E-state index in [2.05, 4.69) is 20.5 Å². The van der Waals surface area contributed by atoms with Crippen LogP contribution in [0, 0.1) is 0 Å². The number of aryl methyl sites for hydroxylation is 1. The average molecular weight is 446 g/mol. The van der Waals surface area contributed by atoms with Gasteiger partial charge >= 0.3 is 6.18 Å². The first kappa shape index (κ1) is 23.0. The molecule has 0 unspecified atom stereocenters. The Balaban J connectivity index is 1.73. The Labute approximate surface area is 182 Å². The number of anilines is 2. The van der Waals surface area contributed by atoms with Crippen LogP contribution in [0.5, 0.6) is 0 Å². The lowest BCUT2D eigenvalue weighted by Gasteiger charge is -2.09. The van der Waals surface area contributed by atoms with Gasteiger partial charge in [-0.2, -0.15) is 18.3 Å².